The lowest BCUT2D eigenvalue weighted by molar-refractivity contribution is -0.138. The van der Waals surface area contributed by atoms with E-state index in [4.69, 9.17) is 9.47 Å². The van der Waals surface area contributed by atoms with Gasteiger partial charge in [0, 0.05) is 49.9 Å². The highest BCUT2D eigenvalue weighted by molar-refractivity contribution is 5.81. The van der Waals surface area contributed by atoms with E-state index in [1.165, 1.54) is 6.07 Å². The van der Waals surface area contributed by atoms with E-state index in [9.17, 15) is 18.0 Å². The predicted octanol–water partition coefficient (Wildman–Crippen LogP) is 3.59. The van der Waals surface area contributed by atoms with Crippen LogP contribution in [0, 0.1) is 0 Å². The summed E-state index contributed by atoms with van der Waals surface area (Å²) < 4.78 is 49.0. The minimum atomic E-state index is -4.45. The molecule has 4 rings (SSSR count). The van der Waals surface area contributed by atoms with Crippen molar-refractivity contribution in [3.05, 3.63) is 54.2 Å². The first-order valence-electron chi connectivity index (χ1n) is 9.99. The van der Waals surface area contributed by atoms with Gasteiger partial charge in [-0.15, -0.1) is 0 Å². The minimum Gasteiger partial charge on any atom is -0.468 e. The van der Waals surface area contributed by atoms with Crippen molar-refractivity contribution in [3.8, 4) is 17.5 Å². The number of hydrogen-bond acceptors (Lipinski definition) is 6. The quantitative estimate of drug-likeness (QED) is 0.597. The van der Waals surface area contributed by atoms with Crippen LogP contribution in [0.3, 0.4) is 0 Å². The van der Waals surface area contributed by atoms with E-state index in [2.05, 4.69) is 14.9 Å². The highest BCUT2D eigenvalue weighted by Gasteiger charge is 2.30. The first-order valence-corrected chi connectivity index (χ1v) is 9.99. The molecule has 10 heteroatoms. The number of hydrogen-bond donors (Lipinski definition) is 0. The van der Waals surface area contributed by atoms with Crippen molar-refractivity contribution >= 4 is 16.8 Å². The second-order valence-corrected chi connectivity index (χ2v) is 7.46. The van der Waals surface area contributed by atoms with Crippen molar-refractivity contribution in [1.29, 1.82) is 0 Å². The van der Waals surface area contributed by atoms with Crippen LogP contribution in [0.5, 0.6) is 17.5 Å². The highest BCUT2D eigenvalue weighted by Crippen LogP contribution is 2.30. The first kappa shape index (κ1) is 21.8. The molecule has 3 aromatic rings. The summed E-state index contributed by atoms with van der Waals surface area (Å²) in [5.74, 6) is 0.712. The SMILES string of the molecule is CN1CCN(C(=O)COc2ccc3cc(Oc4ccc(C(F)(F)F)cn4)ccc3n2)CC1. The highest BCUT2D eigenvalue weighted by atomic mass is 19.4. The van der Waals surface area contributed by atoms with Gasteiger partial charge in [0.2, 0.25) is 11.8 Å². The van der Waals surface area contributed by atoms with E-state index < -0.39 is 11.7 Å². The fourth-order valence-corrected chi connectivity index (χ4v) is 3.24. The molecule has 32 heavy (non-hydrogen) atoms. The molecule has 1 fully saturated rings. The third-order valence-corrected chi connectivity index (χ3v) is 5.12. The lowest BCUT2D eigenvalue weighted by atomic mass is 10.2. The molecular weight excluding hydrogens is 425 g/mol. The second-order valence-electron chi connectivity index (χ2n) is 7.46. The number of carbonyl (C=O) groups excluding carboxylic acids is 1. The number of halogens is 3. The molecule has 0 aliphatic carbocycles. The Morgan fingerprint density at radius 2 is 1.78 bits per heavy atom. The molecule has 1 aliphatic rings. The number of fused-ring (bicyclic) bond motifs is 1. The zero-order valence-corrected chi connectivity index (χ0v) is 17.3. The third-order valence-electron chi connectivity index (χ3n) is 5.12. The van der Waals surface area contributed by atoms with Gasteiger partial charge in [0.25, 0.3) is 5.91 Å². The summed E-state index contributed by atoms with van der Waals surface area (Å²) in [5.41, 5.74) is -0.214. The Labute approximate surface area is 182 Å². The number of pyridine rings is 2. The van der Waals surface area contributed by atoms with Gasteiger partial charge in [-0.2, -0.15) is 13.2 Å². The number of carbonyl (C=O) groups is 1. The van der Waals surface area contributed by atoms with Crippen LogP contribution in [0.1, 0.15) is 5.56 Å². The van der Waals surface area contributed by atoms with Crippen LogP contribution in [-0.2, 0) is 11.0 Å². The molecule has 0 unspecified atom stereocenters. The fourth-order valence-electron chi connectivity index (χ4n) is 3.24. The van der Waals surface area contributed by atoms with Gasteiger partial charge in [0.05, 0.1) is 11.1 Å². The molecule has 0 bridgehead atoms. The van der Waals surface area contributed by atoms with Crippen molar-refractivity contribution < 1.29 is 27.4 Å². The molecule has 1 amide bonds. The summed E-state index contributed by atoms with van der Waals surface area (Å²) in [6.07, 6.45) is -3.72. The van der Waals surface area contributed by atoms with Gasteiger partial charge in [-0.05, 0) is 37.4 Å². The van der Waals surface area contributed by atoms with E-state index in [0.29, 0.717) is 30.2 Å². The maximum Gasteiger partial charge on any atom is 0.417 e. The summed E-state index contributed by atoms with van der Waals surface area (Å²) in [7, 11) is 2.02. The summed E-state index contributed by atoms with van der Waals surface area (Å²) >= 11 is 0. The van der Waals surface area contributed by atoms with E-state index in [1.54, 1.807) is 35.2 Å². The van der Waals surface area contributed by atoms with Crippen LogP contribution in [-0.4, -0.2) is 65.5 Å². The lowest BCUT2D eigenvalue weighted by Gasteiger charge is -2.32. The van der Waals surface area contributed by atoms with E-state index >= 15 is 0 Å². The number of rotatable bonds is 5. The van der Waals surface area contributed by atoms with E-state index in [1.807, 2.05) is 7.05 Å². The van der Waals surface area contributed by atoms with E-state index in [-0.39, 0.29) is 18.4 Å². The smallest absolute Gasteiger partial charge is 0.417 e. The van der Waals surface area contributed by atoms with Gasteiger partial charge in [0.15, 0.2) is 6.61 Å². The molecule has 7 nitrogen and oxygen atoms in total. The van der Waals surface area contributed by atoms with Gasteiger partial charge in [0.1, 0.15) is 5.75 Å². The van der Waals surface area contributed by atoms with Crippen molar-refractivity contribution in [1.82, 2.24) is 19.8 Å². The zero-order valence-electron chi connectivity index (χ0n) is 17.3. The number of ether oxygens (including phenoxy) is 2. The van der Waals surface area contributed by atoms with Crippen molar-refractivity contribution in [2.75, 3.05) is 39.8 Å². The van der Waals surface area contributed by atoms with Crippen LogP contribution in [0.15, 0.2) is 48.7 Å². The second kappa shape index (κ2) is 8.99. The van der Waals surface area contributed by atoms with Gasteiger partial charge in [-0.1, -0.05) is 0 Å². The third kappa shape index (κ3) is 5.25. The molecule has 0 radical (unpaired) electrons. The largest absolute Gasteiger partial charge is 0.468 e. The standard InChI is InChI=1S/C22H21F3N4O3/c1-28-8-10-29(11-9-28)21(30)14-31-20-6-2-15-12-17(4-5-18(15)27-20)32-19-7-3-16(13-26-19)22(23,24)25/h2-7,12-13H,8-11,14H2,1H3. The number of likely N-dealkylation sites (N-methyl/N-ethyl adjacent to an activating group) is 1. The van der Waals surface area contributed by atoms with Crippen LogP contribution in [0.25, 0.3) is 10.9 Å². The molecule has 0 N–H and O–H groups in total. The van der Waals surface area contributed by atoms with Gasteiger partial charge < -0.3 is 19.3 Å². The summed E-state index contributed by atoms with van der Waals surface area (Å²) in [6, 6.07) is 10.5. The van der Waals surface area contributed by atoms with Crippen molar-refractivity contribution in [2.24, 2.45) is 0 Å². The number of alkyl halides is 3. The Morgan fingerprint density at radius 1 is 1.03 bits per heavy atom. The summed E-state index contributed by atoms with van der Waals surface area (Å²) in [4.78, 5) is 24.3. The Hall–Kier alpha value is -3.40. The Balaban J connectivity index is 1.38. The topological polar surface area (TPSA) is 67.8 Å². The van der Waals surface area contributed by atoms with Gasteiger partial charge >= 0.3 is 6.18 Å². The molecule has 1 aromatic carbocycles. The number of nitrogens with zero attached hydrogens (tertiary/aromatic N) is 4. The van der Waals surface area contributed by atoms with Crippen LogP contribution >= 0.6 is 0 Å². The maximum atomic E-state index is 12.6. The Bertz CT molecular complexity index is 1100. The molecule has 1 aliphatic heterocycles. The normalized spacial score (nSPS) is 15.1. The molecule has 2 aromatic heterocycles. The summed E-state index contributed by atoms with van der Waals surface area (Å²) in [6.45, 7) is 2.96. The Morgan fingerprint density at radius 3 is 2.47 bits per heavy atom. The monoisotopic (exact) mass is 446 g/mol. The molecule has 168 valence electrons. The molecule has 0 saturated carbocycles. The van der Waals surface area contributed by atoms with Crippen molar-refractivity contribution in [3.63, 3.8) is 0 Å². The fraction of sp³-hybridized carbons (Fsp3) is 0.318. The van der Waals surface area contributed by atoms with Gasteiger partial charge in [-0.3, -0.25) is 4.79 Å². The number of amides is 1. The number of aromatic nitrogens is 2. The Kier molecular flexibility index (Phi) is 6.13. The maximum absolute atomic E-state index is 12.6. The number of piperazine rings is 1. The molecular formula is C22H21F3N4O3. The predicted molar refractivity (Wildman–Crippen MR) is 111 cm³/mol. The van der Waals surface area contributed by atoms with Crippen LogP contribution in [0.4, 0.5) is 13.2 Å². The zero-order chi connectivity index (χ0) is 22.7. The van der Waals surface area contributed by atoms with Crippen molar-refractivity contribution in [2.45, 2.75) is 6.18 Å². The first-order chi connectivity index (χ1) is 15.3. The van der Waals surface area contributed by atoms with Crippen LogP contribution < -0.4 is 9.47 Å². The summed E-state index contributed by atoms with van der Waals surface area (Å²) in [5, 5.41) is 0.743. The average molecular weight is 446 g/mol. The van der Waals surface area contributed by atoms with Crippen LogP contribution in [0.2, 0.25) is 0 Å². The average Bonchev–Trinajstić information content (AvgIpc) is 2.77. The molecule has 3 heterocycles. The number of benzene rings is 1. The minimum absolute atomic E-state index is 0.0488. The lowest BCUT2D eigenvalue weighted by Crippen LogP contribution is -2.48. The van der Waals surface area contributed by atoms with Gasteiger partial charge in [-0.25, -0.2) is 9.97 Å². The van der Waals surface area contributed by atoms with E-state index in [0.717, 1.165) is 30.7 Å². The molecule has 1 saturated heterocycles. The molecule has 0 atom stereocenters. The molecule has 0 spiro atoms.